The molecule has 108 valence electrons. The van der Waals surface area contributed by atoms with E-state index in [1.54, 1.807) is 12.1 Å². The van der Waals surface area contributed by atoms with Gasteiger partial charge in [0.15, 0.2) is 0 Å². The number of nitrogens with zero attached hydrogens (tertiary/aromatic N) is 2. The Kier molecular flexibility index (Phi) is 4.22. The Morgan fingerprint density at radius 1 is 1.32 bits per heavy atom. The fourth-order valence-electron chi connectivity index (χ4n) is 1.81. The van der Waals surface area contributed by atoms with Crippen LogP contribution in [0, 0.1) is 10.1 Å². The van der Waals surface area contributed by atoms with Gasteiger partial charge in [-0.1, -0.05) is 23.7 Å². The van der Waals surface area contributed by atoms with Gasteiger partial charge in [-0.25, -0.2) is 4.79 Å². The molecule has 0 amide bonds. The molecule has 0 saturated heterocycles. The second-order valence-corrected chi connectivity index (χ2v) is 4.32. The van der Waals surface area contributed by atoms with Gasteiger partial charge in [0.1, 0.15) is 7.85 Å². The van der Waals surface area contributed by atoms with E-state index in [1.165, 1.54) is 18.2 Å². The van der Waals surface area contributed by atoms with Gasteiger partial charge in [0.25, 0.3) is 0 Å². The van der Waals surface area contributed by atoms with Gasteiger partial charge in [-0.05, 0) is 12.1 Å². The standard InChI is InChI=1S/C14H9BN2O5/c15-9-5-8(13(18)12(6-9)17(21)22)7-16-11-4-2-1-3-10(11)14(19)20/h1-7,18H,(H,19,20). The third kappa shape index (κ3) is 3.12. The number of hydrogen-bond donors (Lipinski definition) is 2. The SMILES string of the molecule is [B]c1cc(C=Nc2ccccc2C(=O)O)c(O)c([N+](=O)[O-])c1. The molecular formula is C14H9BN2O5. The van der Waals surface area contributed by atoms with E-state index in [-0.39, 0.29) is 22.3 Å². The number of nitro benzene ring substituents is 1. The van der Waals surface area contributed by atoms with Crippen LogP contribution in [0.25, 0.3) is 0 Å². The predicted octanol–water partition coefficient (Wildman–Crippen LogP) is 1.54. The van der Waals surface area contributed by atoms with Crippen LogP contribution in [-0.4, -0.2) is 35.2 Å². The summed E-state index contributed by atoms with van der Waals surface area (Å²) in [5.41, 5.74) is -0.326. The van der Waals surface area contributed by atoms with Gasteiger partial charge in [0.2, 0.25) is 5.75 Å². The van der Waals surface area contributed by atoms with Crippen LogP contribution in [0.2, 0.25) is 0 Å². The van der Waals surface area contributed by atoms with Gasteiger partial charge in [-0.15, -0.1) is 0 Å². The first-order valence-electron chi connectivity index (χ1n) is 6.03. The van der Waals surface area contributed by atoms with Crippen LogP contribution in [0.4, 0.5) is 11.4 Å². The van der Waals surface area contributed by atoms with Crippen molar-refractivity contribution in [2.24, 2.45) is 4.99 Å². The molecule has 0 unspecified atom stereocenters. The number of carboxylic acid groups (broad SMARTS) is 1. The summed E-state index contributed by atoms with van der Waals surface area (Å²) in [7, 11) is 5.54. The molecular weight excluding hydrogens is 287 g/mol. The summed E-state index contributed by atoms with van der Waals surface area (Å²) in [6.07, 6.45) is 1.13. The van der Waals surface area contributed by atoms with Gasteiger partial charge in [0.05, 0.1) is 16.2 Å². The largest absolute Gasteiger partial charge is 0.502 e. The molecule has 0 saturated carbocycles. The second-order valence-electron chi connectivity index (χ2n) is 4.32. The molecule has 2 aromatic carbocycles. The zero-order valence-corrected chi connectivity index (χ0v) is 11.1. The molecule has 2 aromatic rings. The monoisotopic (exact) mass is 296 g/mol. The Labute approximate surface area is 126 Å². The van der Waals surface area contributed by atoms with Crippen LogP contribution >= 0.6 is 0 Å². The number of phenolic OH excluding ortho intramolecular Hbond substituents is 1. The third-order valence-electron chi connectivity index (χ3n) is 2.82. The van der Waals surface area contributed by atoms with E-state index in [2.05, 4.69) is 4.99 Å². The summed E-state index contributed by atoms with van der Waals surface area (Å²) >= 11 is 0. The molecule has 8 heteroatoms. The van der Waals surface area contributed by atoms with Crippen LogP contribution in [-0.2, 0) is 0 Å². The lowest BCUT2D eigenvalue weighted by atomic mass is 9.93. The van der Waals surface area contributed by atoms with E-state index in [9.17, 15) is 20.0 Å². The molecule has 0 heterocycles. The number of phenols is 1. The van der Waals surface area contributed by atoms with Crippen LogP contribution in [0.1, 0.15) is 15.9 Å². The van der Waals surface area contributed by atoms with Crippen molar-refractivity contribution in [1.29, 1.82) is 0 Å². The molecule has 0 aliphatic carbocycles. The number of aromatic carboxylic acids is 1. The van der Waals surface area contributed by atoms with Crippen molar-refractivity contribution in [3.05, 3.63) is 57.6 Å². The zero-order valence-electron chi connectivity index (χ0n) is 11.1. The fourth-order valence-corrected chi connectivity index (χ4v) is 1.81. The Hall–Kier alpha value is -3.16. The van der Waals surface area contributed by atoms with Crippen molar-refractivity contribution in [2.75, 3.05) is 0 Å². The van der Waals surface area contributed by atoms with E-state index in [1.807, 2.05) is 0 Å². The molecule has 2 rings (SSSR count). The van der Waals surface area contributed by atoms with Gasteiger partial charge >= 0.3 is 11.7 Å². The van der Waals surface area contributed by atoms with Crippen molar-refractivity contribution in [3.63, 3.8) is 0 Å². The predicted molar refractivity (Wildman–Crippen MR) is 80.8 cm³/mol. The minimum atomic E-state index is -1.16. The number of rotatable bonds is 4. The molecule has 7 nitrogen and oxygen atoms in total. The first-order chi connectivity index (χ1) is 10.4. The third-order valence-corrected chi connectivity index (χ3v) is 2.82. The average Bonchev–Trinajstić information content (AvgIpc) is 2.47. The van der Waals surface area contributed by atoms with Crippen molar-refractivity contribution in [2.45, 2.75) is 0 Å². The number of carbonyl (C=O) groups is 1. The summed E-state index contributed by atoms with van der Waals surface area (Å²) in [4.78, 5) is 25.1. The van der Waals surface area contributed by atoms with E-state index in [0.717, 1.165) is 12.3 Å². The quantitative estimate of drug-likeness (QED) is 0.384. The number of nitro groups is 1. The normalized spacial score (nSPS) is 10.7. The topological polar surface area (TPSA) is 113 Å². The van der Waals surface area contributed by atoms with Crippen LogP contribution in [0.5, 0.6) is 5.75 Å². The van der Waals surface area contributed by atoms with E-state index >= 15 is 0 Å². The molecule has 2 N–H and O–H groups in total. The number of carboxylic acids is 1. The van der Waals surface area contributed by atoms with E-state index in [4.69, 9.17) is 13.0 Å². The van der Waals surface area contributed by atoms with E-state index in [0.29, 0.717) is 0 Å². The minimum absolute atomic E-state index is 0.0203. The number of aromatic hydroxyl groups is 1. The maximum atomic E-state index is 11.1. The molecule has 0 aromatic heterocycles. The molecule has 0 aliphatic rings. The first kappa shape index (κ1) is 15.2. The van der Waals surface area contributed by atoms with Gasteiger partial charge in [-0.2, -0.15) is 0 Å². The van der Waals surface area contributed by atoms with Gasteiger partial charge < -0.3 is 10.2 Å². The highest BCUT2D eigenvalue weighted by molar-refractivity contribution is 6.33. The summed E-state index contributed by atoms with van der Waals surface area (Å²) in [6.45, 7) is 0. The molecule has 0 atom stereocenters. The zero-order chi connectivity index (χ0) is 16.3. The maximum Gasteiger partial charge on any atom is 0.337 e. The van der Waals surface area contributed by atoms with Gasteiger partial charge in [0, 0.05) is 17.8 Å². The average molecular weight is 296 g/mol. The number of hydrogen-bond acceptors (Lipinski definition) is 5. The van der Waals surface area contributed by atoms with Gasteiger partial charge in [-0.3, -0.25) is 15.1 Å². The minimum Gasteiger partial charge on any atom is -0.502 e. The lowest BCUT2D eigenvalue weighted by molar-refractivity contribution is -0.385. The summed E-state index contributed by atoms with van der Waals surface area (Å²) in [6, 6.07) is 8.31. The maximum absolute atomic E-state index is 11.1. The van der Waals surface area contributed by atoms with Crippen LogP contribution in [0.15, 0.2) is 41.4 Å². The molecule has 22 heavy (non-hydrogen) atoms. The highest BCUT2D eigenvalue weighted by atomic mass is 16.6. The smallest absolute Gasteiger partial charge is 0.337 e. The molecule has 0 aliphatic heterocycles. The summed E-state index contributed by atoms with van der Waals surface area (Å²) in [5.74, 6) is -1.74. The Morgan fingerprint density at radius 2 is 2.00 bits per heavy atom. The van der Waals surface area contributed by atoms with Crippen molar-refractivity contribution in [1.82, 2.24) is 0 Å². The van der Waals surface area contributed by atoms with Crippen molar-refractivity contribution < 1.29 is 19.9 Å². The number of benzene rings is 2. The molecule has 0 bridgehead atoms. The number of aliphatic imine (C=N–C) groups is 1. The van der Waals surface area contributed by atoms with Crippen LogP contribution in [0.3, 0.4) is 0 Å². The Balaban J connectivity index is 2.48. The van der Waals surface area contributed by atoms with Crippen molar-refractivity contribution in [3.8, 4) is 5.75 Å². The summed E-state index contributed by atoms with van der Waals surface area (Å²) < 4.78 is 0. The van der Waals surface area contributed by atoms with Crippen LogP contribution < -0.4 is 5.46 Å². The van der Waals surface area contributed by atoms with E-state index < -0.39 is 22.3 Å². The Morgan fingerprint density at radius 3 is 2.64 bits per heavy atom. The fraction of sp³-hybridized carbons (Fsp3) is 0. The highest BCUT2D eigenvalue weighted by Crippen LogP contribution is 2.28. The summed E-state index contributed by atoms with van der Waals surface area (Å²) in [5, 5.41) is 29.7. The molecule has 0 spiro atoms. The first-order valence-corrected chi connectivity index (χ1v) is 6.03. The van der Waals surface area contributed by atoms with Crippen molar-refractivity contribution >= 4 is 36.9 Å². The lowest BCUT2D eigenvalue weighted by Crippen LogP contribution is -2.06. The second kappa shape index (κ2) is 6.09. The number of para-hydroxylation sites is 1. The molecule has 0 fully saturated rings. The highest BCUT2D eigenvalue weighted by Gasteiger charge is 2.17. The Bertz CT molecular complexity index is 789. The molecule has 2 radical (unpaired) electrons. The lowest BCUT2D eigenvalue weighted by Gasteiger charge is -2.03.